The van der Waals surface area contributed by atoms with Crippen LogP contribution >= 0.6 is 0 Å². The summed E-state index contributed by atoms with van der Waals surface area (Å²) < 4.78 is 0. The molecule has 1 aromatic rings. The number of carbonyl (C=O) groups excluding carboxylic acids is 1. The Balaban J connectivity index is 2.73. The molecule has 0 bridgehead atoms. The predicted molar refractivity (Wildman–Crippen MR) is 75.5 cm³/mol. The smallest absolute Gasteiger partial charge is 0.223 e. The van der Waals surface area contributed by atoms with Crippen LogP contribution in [0.2, 0.25) is 0 Å². The third-order valence-electron chi connectivity index (χ3n) is 3.37. The highest BCUT2D eigenvalue weighted by Crippen LogP contribution is 2.20. The summed E-state index contributed by atoms with van der Waals surface area (Å²) in [5.41, 5.74) is 8.19. The van der Waals surface area contributed by atoms with Crippen LogP contribution in [-0.4, -0.2) is 30.4 Å². The van der Waals surface area contributed by atoms with Crippen LogP contribution in [0.25, 0.3) is 0 Å². The number of nitrogens with zero attached hydrogens (tertiary/aromatic N) is 1. The van der Waals surface area contributed by atoms with Crippen LogP contribution in [0.3, 0.4) is 0 Å². The molecule has 0 heterocycles. The monoisotopic (exact) mass is 248 g/mol. The number of amides is 1. The van der Waals surface area contributed by atoms with Crippen LogP contribution in [-0.2, 0) is 4.79 Å². The van der Waals surface area contributed by atoms with Crippen molar-refractivity contribution in [3.8, 4) is 0 Å². The van der Waals surface area contributed by atoms with Crippen LogP contribution in [0.5, 0.6) is 0 Å². The van der Waals surface area contributed by atoms with E-state index >= 15 is 0 Å². The first-order valence-electron chi connectivity index (χ1n) is 6.66. The average molecular weight is 248 g/mol. The normalized spacial score (nSPS) is 12.2. The van der Waals surface area contributed by atoms with E-state index in [0.29, 0.717) is 13.0 Å². The van der Waals surface area contributed by atoms with Crippen molar-refractivity contribution in [2.75, 3.05) is 19.6 Å². The highest BCUT2D eigenvalue weighted by Gasteiger charge is 2.17. The van der Waals surface area contributed by atoms with Gasteiger partial charge in [0.15, 0.2) is 0 Å². The maximum atomic E-state index is 12.1. The largest absolute Gasteiger partial charge is 0.343 e. The van der Waals surface area contributed by atoms with Crippen molar-refractivity contribution in [1.82, 2.24) is 4.90 Å². The van der Waals surface area contributed by atoms with Gasteiger partial charge in [-0.25, -0.2) is 0 Å². The van der Waals surface area contributed by atoms with E-state index in [1.807, 2.05) is 18.7 Å². The van der Waals surface area contributed by atoms with Gasteiger partial charge in [0.05, 0.1) is 0 Å². The molecule has 1 amide bonds. The first-order valence-corrected chi connectivity index (χ1v) is 6.66. The molecule has 100 valence electrons. The van der Waals surface area contributed by atoms with Crippen LogP contribution in [0, 0.1) is 6.92 Å². The highest BCUT2D eigenvalue weighted by molar-refractivity contribution is 5.77. The van der Waals surface area contributed by atoms with Gasteiger partial charge in [-0.2, -0.15) is 0 Å². The van der Waals surface area contributed by atoms with Crippen molar-refractivity contribution in [1.29, 1.82) is 0 Å². The summed E-state index contributed by atoms with van der Waals surface area (Å²) >= 11 is 0. The lowest BCUT2D eigenvalue weighted by molar-refractivity contribution is -0.131. The zero-order chi connectivity index (χ0) is 13.5. The molecule has 0 aromatic heterocycles. The molecular weight excluding hydrogens is 224 g/mol. The van der Waals surface area contributed by atoms with Crippen molar-refractivity contribution in [2.24, 2.45) is 5.73 Å². The van der Waals surface area contributed by atoms with Crippen LogP contribution in [0.1, 0.15) is 37.3 Å². The Bertz CT molecular complexity index is 369. The number of aryl methyl sites for hydroxylation is 1. The predicted octanol–water partition coefficient (Wildman–Crippen LogP) is 2.30. The second-order valence-corrected chi connectivity index (χ2v) is 4.61. The van der Waals surface area contributed by atoms with Gasteiger partial charge in [0.25, 0.3) is 0 Å². The third kappa shape index (κ3) is 3.84. The molecule has 3 nitrogen and oxygen atoms in total. The first-order chi connectivity index (χ1) is 8.62. The third-order valence-corrected chi connectivity index (χ3v) is 3.37. The van der Waals surface area contributed by atoms with Gasteiger partial charge in [-0.15, -0.1) is 0 Å². The number of hydrogen-bond acceptors (Lipinski definition) is 2. The number of nitrogens with two attached hydrogens (primary N) is 1. The van der Waals surface area contributed by atoms with E-state index in [0.717, 1.165) is 18.7 Å². The van der Waals surface area contributed by atoms with Crippen molar-refractivity contribution in [3.05, 3.63) is 35.4 Å². The molecule has 0 fully saturated rings. The van der Waals surface area contributed by atoms with Gasteiger partial charge < -0.3 is 10.6 Å². The average Bonchev–Trinajstić information content (AvgIpc) is 2.38. The second kappa shape index (κ2) is 7.17. The molecule has 0 aliphatic carbocycles. The van der Waals surface area contributed by atoms with Crippen molar-refractivity contribution in [2.45, 2.75) is 33.1 Å². The Morgan fingerprint density at radius 2 is 1.78 bits per heavy atom. The maximum absolute atomic E-state index is 12.1. The van der Waals surface area contributed by atoms with Crippen LogP contribution in [0.15, 0.2) is 24.3 Å². The Morgan fingerprint density at radius 3 is 2.22 bits per heavy atom. The van der Waals surface area contributed by atoms with E-state index in [2.05, 4.69) is 31.2 Å². The molecule has 1 aromatic carbocycles. The summed E-state index contributed by atoms with van der Waals surface area (Å²) in [4.78, 5) is 13.9. The highest BCUT2D eigenvalue weighted by atomic mass is 16.2. The van der Waals surface area contributed by atoms with Gasteiger partial charge in [0, 0.05) is 25.4 Å². The maximum Gasteiger partial charge on any atom is 0.223 e. The van der Waals surface area contributed by atoms with Gasteiger partial charge in [0.2, 0.25) is 5.91 Å². The fourth-order valence-electron chi connectivity index (χ4n) is 2.09. The van der Waals surface area contributed by atoms with E-state index in [1.54, 1.807) is 0 Å². The molecule has 0 spiro atoms. The van der Waals surface area contributed by atoms with Gasteiger partial charge in [-0.05, 0) is 32.9 Å². The molecule has 1 rings (SSSR count). The fraction of sp³-hybridized carbons (Fsp3) is 0.533. The Labute approximate surface area is 110 Å². The lowest BCUT2D eigenvalue weighted by Gasteiger charge is -2.22. The minimum Gasteiger partial charge on any atom is -0.343 e. The van der Waals surface area contributed by atoms with E-state index in [9.17, 15) is 4.79 Å². The topological polar surface area (TPSA) is 46.3 Å². The van der Waals surface area contributed by atoms with Gasteiger partial charge in [0.1, 0.15) is 0 Å². The lowest BCUT2D eigenvalue weighted by Crippen LogP contribution is -2.32. The van der Waals surface area contributed by atoms with Gasteiger partial charge in [-0.1, -0.05) is 29.8 Å². The molecule has 0 aliphatic rings. The molecule has 0 radical (unpaired) electrons. The molecule has 1 atom stereocenters. The quantitative estimate of drug-likeness (QED) is 0.839. The summed E-state index contributed by atoms with van der Waals surface area (Å²) in [6, 6.07) is 8.28. The van der Waals surface area contributed by atoms with Crippen molar-refractivity contribution < 1.29 is 4.79 Å². The van der Waals surface area contributed by atoms with E-state index in [-0.39, 0.29) is 11.8 Å². The minimum atomic E-state index is 0.124. The summed E-state index contributed by atoms with van der Waals surface area (Å²) in [6.07, 6.45) is 0.501. The molecule has 2 N–H and O–H groups in total. The Hall–Kier alpha value is -1.35. The van der Waals surface area contributed by atoms with Crippen LogP contribution in [0.4, 0.5) is 0 Å². The Morgan fingerprint density at radius 1 is 1.22 bits per heavy atom. The van der Waals surface area contributed by atoms with E-state index < -0.39 is 0 Å². The number of benzene rings is 1. The number of hydrogen-bond donors (Lipinski definition) is 1. The van der Waals surface area contributed by atoms with Crippen LogP contribution < -0.4 is 5.73 Å². The van der Waals surface area contributed by atoms with E-state index in [4.69, 9.17) is 5.73 Å². The minimum absolute atomic E-state index is 0.124. The fourth-order valence-corrected chi connectivity index (χ4v) is 2.09. The molecule has 0 aliphatic heterocycles. The molecule has 0 saturated heterocycles. The molecule has 0 saturated carbocycles. The lowest BCUT2D eigenvalue weighted by atomic mass is 9.94. The number of carbonyl (C=O) groups is 1. The molecule has 18 heavy (non-hydrogen) atoms. The second-order valence-electron chi connectivity index (χ2n) is 4.61. The van der Waals surface area contributed by atoms with E-state index in [1.165, 1.54) is 5.56 Å². The van der Waals surface area contributed by atoms with Gasteiger partial charge in [-0.3, -0.25) is 4.79 Å². The first kappa shape index (κ1) is 14.7. The number of rotatable bonds is 6. The van der Waals surface area contributed by atoms with Crippen molar-refractivity contribution in [3.63, 3.8) is 0 Å². The zero-order valence-electron chi connectivity index (χ0n) is 11.6. The summed E-state index contributed by atoms with van der Waals surface area (Å²) in [5, 5.41) is 0. The standard InChI is InChI=1S/C15H24N2O/c1-4-17(5-2)15(18)10-14(11-16)13-8-6-12(3)7-9-13/h6-9,14H,4-5,10-11,16H2,1-3H3. The Kier molecular flexibility index (Phi) is 5.86. The zero-order valence-corrected chi connectivity index (χ0v) is 11.6. The summed E-state index contributed by atoms with van der Waals surface area (Å²) in [5.74, 6) is 0.315. The molecule has 3 heteroatoms. The van der Waals surface area contributed by atoms with Crippen molar-refractivity contribution >= 4 is 5.91 Å². The SMILES string of the molecule is CCN(CC)C(=O)CC(CN)c1ccc(C)cc1. The van der Waals surface area contributed by atoms with Gasteiger partial charge >= 0.3 is 0 Å². The summed E-state index contributed by atoms with van der Waals surface area (Å²) in [7, 11) is 0. The molecular formula is C15H24N2O. The summed E-state index contributed by atoms with van der Waals surface area (Å²) in [6.45, 7) is 8.11. The molecule has 1 unspecified atom stereocenters.